The molecule has 2 N–H and O–H groups in total. The standard InChI is InChI=1S/C11H16N4OS/c1-15(7-8-2-4-16-5-3-8)11-9(6-12)10(13)14-17-11/h8H,2-5,7H2,1H3,(H2,13,14). The van der Waals surface area contributed by atoms with Gasteiger partial charge in [-0.15, -0.1) is 0 Å². The van der Waals surface area contributed by atoms with E-state index in [9.17, 15) is 0 Å². The Hall–Kier alpha value is -1.32. The quantitative estimate of drug-likeness (QED) is 0.881. The largest absolute Gasteiger partial charge is 0.382 e. The number of hydrogen-bond acceptors (Lipinski definition) is 6. The van der Waals surface area contributed by atoms with E-state index in [0.717, 1.165) is 37.6 Å². The van der Waals surface area contributed by atoms with Crippen molar-refractivity contribution in [2.45, 2.75) is 12.8 Å². The summed E-state index contributed by atoms with van der Waals surface area (Å²) in [5.41, 5.74) is 6.16. The van der Waals surface area contributed by atoms with Crippen LogP contribution in [0.15, 0.2) is 0 Å². The van der Waals surface area contributed by atoms with Crippen molar-refractivity contribution in [2.75, 3.05) is 37.4 Å². The van der Waals surface area contributed by atoms with E-state index >= 15 is 0 Å². The fourth-order valence-corrected chi connectivity index (χ4v) is 2.79. The molecule has 1 saturated heterocycles. The Balaban J connectivity index is 2.03. The Labute approximate surface area is 105 Å². The van der Waals surface area contributed by atoms with E-state index in [-0.39, 0.29) is 0 Å². The highest BCUT2D eigenvalue weighted by atomic mass is 32.1. The Morgan fingerprint density at radius 2 is 2.29 bits per heavy atom. The first kappa shape index (κ1) is 12.1. The van der Waals surface area contributed by atoms with Gasteiger partial charge in [0, 0.05) is 26.8 Å². The van der Waals surface area contributed by atoms with Crippen molar-refractivity contribution in [3.05, 3.63) is 5.56 Å². The van der Waals surface area contributed by atoms with Gasteiger partial charge in [0.25, 0.3) is 0 Å². The van der Waals surface area contributed by atoms with Gasteiger partial charge in [-0.25, -0.2) is 0 Å². The normalized spacial score (nSPS) is 16.7. The van der Waals surface area contributed by atoms with Gasteiger partial charge in [-0.3, -0.25) is 0 Å². The van der Waals surface area contributed by atoms with Crippen molar-refractivity contribution in [3.8, 4) is 6.07 Å². The highest BCUT2D eigenvalue weighted by Crippen LogP contribution is 2.30. The average molecular weight is 252 g/mol. The second kappa shape index (κ2) is 5.34. The summed E-state index contributed by atoms with van der Waals surface area (Å²) in [6, 6.07) is 2.12. The molecule has 1 fully saturated rings. The highest BCUT2D eigenvalue weighted by Gasteiger charge is 2.20. The summed E-state index contributed by atoms with van der Waals surface area (Å²) in [6.45, 7) is 2.61. The number of rotatable bonds is 3. The Morgan fingerprint density at radius 1 is 1.59 bits per heavy atom. The van der Waals surface area contributed by atoms with Gasteiger partial charge >= 0.3 is 0 Å². The van der Waals surface area contributed by atoms with Crippen LogP contribution in [0.1, 0.15) is 18.4 Å². The third kappa shape index (κ3) is 2.68. The number of aromatic nitrogens is 1. The molecule has 1 aromatic heterocycles. The van der Waals surface area contributed by atoms with Crippen LogP contribution in [0.3, 0.4) is 0 Å². The highest BCUT2D eigenvalue weighted by molar-refractivity contribution is 7.10. The molecule has 0 unspecified atom stereocenters. The van der Waals surface area contributed by atoms with Gasteiger partial charge in [-0.1, -0.05) is 0 Å². The number of nitrogens with zero attached hydrogens (tertiary/aromatic N) is 3. The van der Waals surface area contributed by atoms with E-state index in [2.05, 4.69) is 15.3 Å². The van der Waals surface area contributed by atoms with Crippen LogP contribution in [0.25, 0.3) is 0 Å². The molecule has 0 radical (unpaired) electrons. The molecule has 0 atom stereocenters. The molecule has 1 aliphatic heterocycles. The number of nitrogen functional groups attached to an aromatic ring is 1. The molecule has 1 aliphatic rings. The number of nitriles is 1. The second-order valence-corrected chi connectivity index (χ2v) is 5.05. The van der Waals surface area contributed by atoms with E-state index in [1.807, 2.05) is 7.05 Å². The predicted octanol–water partition coefficient (Wildman–Crippen LogP) is 1.46. The maximum Gasteiger partial charge on any atom is 0.157 e. The van der Waals surface area contributed by atoms with Gasteiger partial charge < -0.3 is 15.4 Å². The predicted molar refractivity (Wildman–Crippen MR) is 68.1 cm³/mol. The maximum absolute atomic E-state index is 9.03. The fraction of sp³-hybridized carbons (Fsp3) is 0.636. The van der Waals surface area contributed by atoms with Crippen LogP contribution in [0.5, 0.6) is 0 Å². The summed E-state index contributed by atoms with van der Waals surface area (Å²) in [7, 11) is 1.99. The van der Waals surface area contributed by atoms with Crippen LogP contribution in [0, 0.1) is 17.2 Å². The molecule has 5 nitrogen and oxygen atoms in total. The first-order valence-electron chi connectivity index (χ1n) is 5.66. The van der Waals surface area contributed by atoms with Crippen molar-refractivity contribution in [1.82, 2.24) is 4.37 Å². The number of ether oxygens (including phenoxy) is 1. The van der Waals surface area contributed by atoms with E-state index < -0.39 is 0 Å². The minimum atomic E-state index is 0.339. The van der Waals surface area contributed by atoms with E-state index in [4.69, 9.17) is 15.7 Å². The molecule has 0 bridgehead atoms. The zero-order valence-electron chi connectivity index (χ0n) is 9.85. The van der Waals surface area contributed by atoms with E-state index in [1.54, 1.807) is 0 Å². The van der Waals surface area contributed by atoms with Gasteiger partial charge in [0.15, 0.2) is 5.82 Å². The zero-order chi connectivity index (χ0) is 12.3. The maximum atomic E-state index is 9.03. The van der Waals surface area contributed by atoms with Crippen LogP contribution in [-0.4, -0.2) is 31.2 Å². The molecule has 2 heterocycles. The summed E-state index contributed by atoms with van der Waals surface area (Å²) in [6.07, 6.45) is 2.17. The van der Waals surface area contributed by atoms with Crippen LogP contribution < -0.4 is 10.6 Å². The molecule has 92 valence electrons. The Kier molecular flexibility index (Phi) is 3.82. The lowest BCUT2D eigenvalue weighted by molar-refractivity contribution is 0.0685. The lowest BCUT2D eigenvalue weighted by atomic mass is 10.00. The molecule has 17 heavy (non-hydrogen) atoms. The van der Waals surface area contributed by atoms with Gasteiger partial charge in [0.05, 0.1) is 0 Å². The smallest absolute Gasteiger partial charge is 0.157 e. The SMILES string of the molecule is CN(CC1CCOCC1)c1snc(N)c1C#N. The molecular formula is C11H16N4OS. The summed E-state index contributed by atoms with van der Waals surface area (Å²) in [5.74, 6) is 0.968. The Bertz CT molecular complexity index is 420. The van der Waals surface area contributed by atoms with E-state index in [0.29, 0.717) is 17.3 Å². The molecule has 0 saturated carbocycles. The lowest BCUT2D eigenvalue weighted by Crippen LogP contribution is -2.29. The third-order valence-electron chi connectivity index (χ3n) is 3.03. The van der Waals surface area contributed by atoms with Crippen LogP contribution in [-0.2, 0) is 4.74 Å². The van der Waals surface area contributed by atoms with Crippen LogP contribution in [0.2, 0.25) is 0 Å². The lowest BCUT2D eigenvalue weighted by Gasteiger charge is -2.27. The Morgan fingerprint density at radius 3 is 2.94 bits per heavy atom. The van der Waals surface area contributed by atoms with Crippen molar-refractivity contribution in [2.24, 2.45) is 5.92 Å². The van der Waals surface area contributed by atoms with Gasteiger partial charge in [-0.05, 0) is 30.3 Å². The topological polar surface area (TPSA) is 75.2 Å². The van der Waals surface area contributed by atoms with Gasteiger partial charge in [0.1, 0.15) is 16.6 Å². The molecule has 6 heteroatoms. The van der Waals surface area contributed by atoms with E-state index in [1.165, 1.54) is 11.5 Å². The second-order valence-electron chi connectivity index (χ2n) is 4.30. The van der Waals surface area contributed by atoms with Crippen LogP contribution >= 0.6 is 11.5 Å². The molecule has 2 rings (SSSR count). The number of nitrogens with two attached hydrogens (primary N) is 1. The molecule has 0 aliphatic carbocycles. The summed E-state index contributed by atoms with van der Waals surface area (Å²) in [5, 5.41) is 9.90. The minimum Gasteiger partial charge on any atom is -0.382 e. The first-order chi connectivity index (χ1) is 8.22. The summed E-state index contributed by atoms with van der Waals surface area (Å²) in [4.78, 5) is 2.09. The third-order valence-corrected chi connectivity index (χ3v) is 4.01. The zero-order valence-corrected chi connectivity index (χ0v) is 10.7. The molecule has 0 spiro atoms. The van der Waals surface area contributed by atoms with Crippen molar-refractivity contribution >= 4 is 22.4 Å². The summed E-state index contributed by atoms with van der Waals surface area (Å²) < 4.78 is 9.37. The van der Waals surface area contributed by atoms with Gasteiger partial charge in [0.2, 0.25) is 0 Å². The molecular weight excluding hydrogens is 236 g/mol. The van der Waals surface area contributed by atoms with Crippen molar-refractivity contribution in [1.29, 1.82) is 5.26 Å². The van der Waals surface area contributed by atoms with Crippen molar-refractivity contribution in [3.63, 3.8) is 0 Å². The minimum absolute atomic E-state index is 0.339. The number of anilines is 2. The molecule has 0 aromatic carbocycles. The summed E-state index contributed by atoms with van der Waals surface area (Å²) >= 11 is 1.29. The first-order valence-corrected chi connectivity index (χ1v) is 6.44. The molecule has 1 aromatic rings. The monoisotopic (exact) mass is 252 g/mol. The molecule has 0 amide bonds. The number of hydrogen-bond donors (Lipinski definition) is 1. The average Bonchev–Trinajstić information content (AvgIpc) is 2.71. The van der Waals surface area contributed by atoms with Crippen LogP contribution in [0.4, 0.5) is 10.8 Å². The van der Waals surface area contributed by atoms with Gasteiger partial charge in [-0.2, -0.15) is 9.64 Å². The fourth-order valence-electron chi connectivity index (χ4n) is 2.06. The van der Waals surface area contributed by atoms with Crippen molar-refractivity contribution < 1.29 is 4.74 Å².